The standard InChI is InChI=1S/C11H19F3N2O2.2H2/c1-10(2,3)18-9(17)16-8-4-7(5-8)15-6-11(12,13)14;;/h7-8,15H,4-6H2,1-3H3,(H,16,17);2*1H. The molecule has 2 N–H and O–H groups in total. The zero-order valence-electron chi connectivity index (χ0n) is 10.7. The molecular formula is C11H23F3N2O2. The van der Waals surface area contributed by atoms with Gasteiger partial charge in [-0.05, 0) is 33.6 Å². The fraction of sp³-hybridized carbons (Fsp3) is 0.909. The van der Waals surface area contributed by atoms with Crippen LogP contribution in [0.4, 0.5) is 18.0 Å². The van der Waals surface area contributed by atoms with Crippen LogP contribution in [0.25, 0.3) is 0 Å². The summed E-state index contributed by atoms with van der Waals surface area (Å²) in [6.07, 6.45) is -3.73. The van der Waals surface area contributed by atoms with E-state index in [1.165, 1.54) is 0 Å². The van der Waals surface area contributed by atoms with Crippen LogP contribution in [-0.4, -0.2) is 36.5 Å². The third-order valence-electron chi connectivity index (χ3n) is 2.45. The largest absolute Gasteiger partial charge is 0.444 e. The van der Waals surface area contributed by atoms with Gasteiger partial charge in [-0.25, -0.2) is 4.79 Å². The molecule has 0 aliphatic heterocycles. The van der Waals surface area contributed by atoms with Gasteiger partial charge in [0.2, 0.25) is 0 Å². The summed E-state index contributed by atoms with van der Waals surface area (Å²) in [6, 6.07) is -0.294. The molecule has 0 spiro atoms. The zero-order valence-corrected chi connectivity index (χ0v) is 10.7. The molecule has 0 atom stereocenters. The Labute approximate surface area is 107 Å². The Morgan fingerprint density at radius 2 is 1.83 bits per heavy atom. The van der Waals surface area contributed by atoms with E-state index in [1.54, 1.807) is 20.8 Å². The Kier molecular flexibility index (Phi) is 4.47. The van der Waals surface area contributed by atoms with Crippen LogP contribution in [0, 0.1) is 0 Å². The highest BCUT2D eigenvalue weighted by Crippen LogP contribution is 2.22. The predicted molar refractivity (Wildman–Crippen MR) is 64.5 cm³/mol. The first-order valence-corrected chi connectivity index (χ1v) is 5.85. The molecule has 110 valence electrons. The van der Waals surface area contributed by atoms with Crippen molar-refractivity contribution in [1.82, 2.24) is 10.6 Å². The van der Waals surface area contributed by atoms with Crippen molar-refractivity contribution in [3.05, 3.63) is 0 Å². The summed E-state index contributed by atoms with van der Waals surface area (Å²) in [6.45, 7) is 4.26. The molecule has 4 nitrogen and oxygen atoms in total. The third-order valence-corrected chi connectivity index (χ3v) is 2.45. The van der Waals surface area contributed by atoms with Gasteiger partial charge < -0.3 is 15.4 Å². The first-order valence-electron chi connectivity index (χ1n) is 5.85. The number of alkyl carbamates (subject to hydrolysis) is 1. The summed E-state index contributed by atoms with van der Waals surface area (Å²) in [5.41, 5.74) is -0.568. The Hall–Kier alpha value is -0.980. The van der Waals surface area contributed by atoms with E-state index in [-0.39, 0.29) is 14.9 Å². The van der Waals surface area contributed by atoms with Crippen LogP contribution in [0.15, 0.2) is 0 Å². The van der Waals surface area contributed by atoms with Crippen LogP contribution in [0.1, 0.15) is 36.5 Å². The number of ether oxygens (including phenoxy) is 1. The minimum atomic E-state index is -4.19. The lowest BCUT2D eigenvalue weighted by molar-refractivity contribution is -0.127. The van der Waals surface area contributed by atoms with Crippen LogP contribution in [-0.2, 0) is 4.74 Å². The van der Waals surface area contributed by atoms with Crippen LogP contribution in [0.5, 0.6) is 0 Å². The highest BCUT2D eigenvalue weighted by molar-refractivity contribution is 5.68. The number of nitrogens with one attached hydrogen (secondary N) is 2. The van der Waals surface area contributed by atoms with E-state index in [0.717, 1.165) is 0 Å². The minimum absolute atomic E-state index is 0. The van der Waals surface area contributed by atoms with Crippen LogP contribution in [0.3, 0.4) is 0 Å². The highest BCUT2D eigenvalue weighted by atomic mass is 19.4. The molecule has 0 bridgehead atoms. The van der Waals surface area contributed by atoms with E-state index < -0.39 is 24.4 Å². The van der Waals surface area contributed by atoms with Crippen LogP contribution < -0.4 is 10.6 Å². The maximum atomic E-state index is 11.9. The maximum absolute atomic E-state index is 11.9. The monoisotopic (exact) mass is 272 g/mol. The van der Waals surface area contributed by atoms with Gasteiger partial charge in [-0.1, -0.05) is 0 Å². The Balaban J connectivity index is 0. The van der Waals surface area contributed by atoms with E-state index in [1.807, 2.05) is 0 Å². The predicted octanol–water partition coefficient (Wildman–Crippen LogP) is 2.69. The molecule has 1 fully saturated rings. The molecule has 1 aliphatic carbocycles. The van der Waals surface area contributed by atoms with E-state index in [0.29, 0.717) is 12.8 Å². The number of halogens is 3. The van der Waals surface area contributed by atoms with E-state index in [4.69, 9.17) is 4.74 Å². The number of rotatable bonds is 3. The Morgan fingerprint density at radius 3 is 2.28 bits per heavy atom. The van der Waals surface area contributed by atoms with Crippen molar-refractivity contribution in [2.75, 3.05) is 6.54 Å². The lowest BCUT2D eigenvalue weighted by Gasteiger charge is -2.36. The number of carbonyl (C=O) groups is 1. The molecule has 0 aromatic carbocycles. The molecule has 1 saturated carbocycles. The molecule has 1 aliphatic rings. The lowest BCUT2D eigenvalue weighted by Crippen LogP contribution is -2.54. The van der Waals surface area contributed by atoms with Gasteiger partial charge in [0.15, 0.2) is 0 Å². The van der Waals surface area contributed by atoms with Crippen molar-refractivity contribution in [2.24, 2.45) is 0 Å². The first kappa shape index (κ1) is 15.1. The van der Waals surface area contributed by atoms with Gasteiger partial charge in [0.1, 0.15) is 5.60 Å². The second-order valence-electron chi connectivity index (χ2n) is 5.51. The normalized spacial score (nSPS) is 24.3. The number of hydrogen-bond donors (Lipinski definition) is 2. The molecule has 18 heavy (non-hydrogen) atoms. The second-order valence-corrected chi connectivity index (χ2v) is 5.51. The molecule has 0 heterocycles. The van der Waals surface area contributed by atoms with Crippen molar-refractivity contribution in [3.8, 4) is 0 Å². The average Bonchev–Trinajstić information content (AvgIpc) is 2.03. The number of alkyl halides is 3. The molecule has 1 rings (SSSR count). The molecule has 0 radical (unpaired) electrons. The summed E-state index contributed by atoms with van der Waals surface area (Å²) >= 11 is 0. The number of carbonyl (C=O) groups excluding carboxylic acids is 1. The van der Waals surface area contributed by atoms with E-state index in [9.17, 15) is 18.0 Å². The molecule has 0 unspecified atom stereocenters. The topological polar surface area (TPSA) is 50.4 Å². The van der Waals surface area contributed by atoms with Gasteiger partial charge >= 0.3 is 12.3 Å². The quantitative estimate of drug-likeness (QED) is 0.830. The van der Waals surface area contributed by atoms with Crippen molar-refractivity contribution < 1.29 is 25.6 Å². The van der Waals surface area contributed by atoms with Crippen LogP contribution in [0.2, 0.25) is 0 Å². The van der Waals surface area contributed by atoms with Crippen molar-refractivity contribution in [2.45, 2.75) is 57.5 Å². The fourth-order valence-corrected chi connectivity index (χ4v) is 1.64. The van der Waals surface area contributed by atoms with Crippen molar-refractivity contribution >= 4 is 6.09 Å². The zero-order chi connectivity index (χ0) is 14.0. The molecule has 1 amide bonds. The summed E-state index contributed by atoms with van der Waals surface area (Å²) < 4.78 is 40.8. The lowest BCUT2D eigenvalue weighted by atomic mass is 9.87. The average molecular weight is 272 g/mol. The minimum Gasteiger partial charge on any atom is -0.444 e. The second kappa shape index (κ2) is 5.34. The van der Waals surface area contributed by atoms with Gasteiger partial charge in [-0.3, -0.25) is 0 Å². The maximum Gasteiger partial charge on any atom is 0.407 e. The molecule has 0 aromatic rings. The fourth-order valence-electron chi connectivity index (χ4n) is 1.64. The van der Waals surface area contributed by atoms with Crippen molar-refractivity contribution in [3.63, 3.8) is 0 Å². The third kappa shape index (κ3) is 6.09. The van der Waals surface area contributed by atoms with E-state index in [2.05, 4.69) is 10.6 Å². The SMILES string of the molecule is CC(C)(C)OC(=O)NC1CC(NCC(F)(F)F)C1.[HH].[HH]. The number of hydrogen-bond acceptors (Lipinski definition) is 3. The molecule has 0 aromatic heterocycles. The Morgan fingerprint density at radius 1 is 1.28 bits per heavy atom. The van der Waals surface area contributed by atoms with Crippen LogP contribution >= 0.6 is 0 Å². The molecular weight excluding hydrogens is 249 g/mol. The van der Waals surface area contributed by atoms with Gasteiger partial charge in [-0.2, -0.15) is 13.2 Å². The molecule has 7 heteroatoms. The van der Waals surface area contributed by atoms with Gasteiger partial charge in [-0.15, -0.1) is 0 Å². The summed E-state index contributed by atoms with van der Waals surface area (Å²) in [5.74, 6) is 0. The summed E-state index contributed by atoms with van der Waals surface area (Å²) in [4.78, 5) is 11.4. The van der Waals surface area contributed by atoms with Gasteiger partial charge in [0, 0.05) is 14.9 Å². The van der Waals surface area contributed by atoms with Gasteiger partial charge in [0.25, 0.3) is 0 Å². The van der Waals surface area contributed by atoms with Crippen molar-refractivity contribution in [1.29, 1.82) is 0 Å². The van der Waals surface area contributed by atoms with E-state index >= 15 is 0 Å². The van der Waals surface area contributed by atoms with Gasteiger partial charge in [0.05, 0.1) is 6.54 Å². The summed E-state index contributed by atoms with van der Waals surface area (Å²) in [5, 5.41) is 5.01. The number of amides is 1. The summed E-state index contributed by atoms with van der Waals surface area (Å²) in [7, 11) is 0. The Bertz CT molecular complexity index is 303. The highest BCUT2D eigenvalue weighted by Gasteiger charge is 2.35. The smallest absolute Gasteiger partial charge is 0.407 e. The first-order chi connectivity index (χ1) is 8.05. The molecule has 0 saturated heterocycles.